The van der Waals surface area contributed by atoms with Crippen molar-refractivity contribution in [1.29, 1.82) is 0 Å². The molecular formula is C12H13F4NO. The third kappa shape index (κ3) is 2.37. The van der Waals surface area contributed by atoms with Crippen LogP contribution in [0.15, 0.2) is 12.1 Å². The van der Waals surface area contributed by atoms with E-state index in [0.717, 1.165) is 18.9 Å². The summed E-state index contributed by atoms with van der Waals surface area (Å²) in [4.78, 5) is 1.72. The predicted molar refractivity (Wildman–Crippen MR) is 59.4 cm³/mol. The van der Waals surface area contributed by atoms with Gasteiger partial charge in [-0.3, -0.25) is 0 Å². The molecule has 0 aliphatic carbocycles. The molecule has 1 saturated heterocycles. The summed E-state index contributed by atoms with van der Waals surface area (Å²) >= 11 is 0. The maximum atomic E-state index is 13.3. The number of benzene rings is 1. The van der Waals surface area contributed by atoms with Crippen LogP contribution in [0, 0.1) is 5.82 Å². The molecule has 0 spiro atoms. The van der Waals surface area contributed by atoms with E-state index in [2.05, 4.69) is 0 Å². The Morgan fingerprint density at radius 3 is 2.28 bits per heavy atom. The van der Waals surface area contributed by atoms with Gasteiger partial charge in [-0.05, 0) is 18.9 Å². The second-order valence-electron chi connectivity index (χ2n) is 4.20. The quantitative estimate of drug-likeness (QED) is 0.758. The first-order valence-electron chi connectivity index (χ1n) is 5.63. The van der Waals surface area contributed by atoms with E-state index in [-0.39, 0.29) is 11.4 Å². The van der Waals surface area contributed by atoms with Crippen LogP contribution in [0.3, 0.4) is 0 Å². The van der Waals surface area contributed by atoms with Crippen molar-refractivity contribution in [1.82, 2.24) is 0 Å². The number of alkyl halides is 3. The Morgan fingerprint density at radius 1 is 1.17 bits per heavy atom. The van der Waals surface area contributed by atoms with Gasteiger partial charge in [0.05, 0.1) is 12.8 Å². The van der Waals surface area contributed by atoms with Crippen molar-refractivity contribution in [2.24, 2.45) is 0 Å². The summed E-state index contributed by atoms with van der Waals surface area (Å²) in [6.07, 6.45) is -2.84. The summed E-state index contributed by atoms with van der Waals surface area (Å²) in [6, 6.07) is 1.57. The van der Waals surface area contributed by atoms with Gasteiger partial charge in [0.25, 0.3) is 0 Å². The zero-order chi connectivity index (χ0) is 13.3. The van der Waals surface area contributed by atoms with Gasteiger partial charge in [-0.2, -0.15) is 13.2 Å². The number of halogens is 4. The molecule has 0 bridgehead atoms. The SMILES string of the molecule is COc1c(N2CCCC2)cc(F)cc1C(F)(F)F. The molecule has 0 saturated carbocycles. The molecule has 1 aliphatic rings. The fourth-order valence-corrected chi connectivity index (χ4v) is 2.20. The first kappa shape index (κ1) is 13.0. The molecule has 100 valence electrons. The van der Waals surface area contributed by atoms with E-state index in [0.29, 0.717) is 19.2 Å². The highest BCUT2D eigenvalue weighted by atomic mass is 19.4. The largest absolute Gasteiger partial charge is 0.494 e. The van der Waals surface area contributed by atoms with Crippen molar-refractivity contribution in [2.75, 3.05) is 25.1 Å². The van der Waals surface area contributed by atoms with E-state index in [1.54, 1.807) is 4.90 Å². The number of anilines is 1. The normalized spacial score (nSPS) is 16.2. The van der Waals surface area contributed by atoms with E-state index < -0.39 is 17.6 Å². The van der Waals surface area contributed by atoms with E-state index in [1.807, 2.05) is 0 Å². The molecule has 0 amide bonds. The van der Waals surface area contributed by atoms with Gasteiger partial charge in [0.2, 0.25) is 0 Å². The second-order valence-corrected chi connectivity index (χ2v) is 4.20. The Hall–Kier alpha value is -1.46. The van der Waals surface area contributed by atoms with E-state index >= 15 is 0 Å². The summed E-state index contributed by atoms with van der Waals surface area (Å²) in [5, 5.41) is 0. The highest BCUT2D eigenvalue weighted by molar-refractivity contribution is 5.63. The van der Waals surface area contributed by atoms with Gasteiger partial charge < -0.3 is 9.64 Å². The molecule has 2 rings (SSSR count). The lowest BCUT2D eigenvalue weighted by Gasteiger charge is -2.23. The van der Waals surface area contributed by atoms with Gasteiger partial charge in [-0.15, -0.1) is 0 Å². The lowest BCUT2D eigenvalue weighted by atomic mass is 10.1. The maximum Gasteiger partial charge on any atom is 0.420 e. The molecule has 6 heteroatoms. The Kier molecular flexibility index (Phi) is 3.36. The van der Waals surface area contributed by atoms with Crippen LogP contribution < -0.4 is 9.64 Å². The molecule has 0 radical (unpaired) electrons. The van der Waals surface area contributed by atoms with Crippen LogP contribution in [0.1, 0.15) is 18.4 Å². The molecule has 2 nitrogen and oxygen atoms in total. The molecule has 1 aliphatic heterocycles. The third-order valence-electron chi connectivity index (χ3n) is 2.99. The van der Waals surface area contributed by atoms with Crippen molar-refractivity contribution >= 4 is 5.69 Å². The van der Waals surface area contributed by atoms with Crippen molar-refractivity contribution in [2.45, 2.75) is 19.0 Å². The number of hydrogen-bond acceptors (Lipinski definition) is 2. The Labute approximate surface area is 102 Å². The Morgan fingerprint density at radius 2 is 1.78 bits per heavy atom. The third-order valence-corrected chi connectivity index (χ3v) is 2.99. The molecule has 1 heterocycles. The van der Waals surface area contributed by atoms with E-state index in [1.165, 1.54) is 7.11 Å². The Balaban J connectivity index is 2.54. The number of hydrogen-bond donors (Lipinski definition) is 0. The molecule has 0 atom stereocenters. The maximum absolute atomic E-state index is 13.3. The molecule has 18 heavy (non-hydrogen) atoms. The fourth-order valence-electron chi connectivity index (χ4n) is 2.20. The topological polar surface area (TPSA) is 12.5 Å². The van der Waals surface area contributed by atoms with Crippen LogP contribution in [0.25, 0.3) is 0 Å². The number of nitrogens with zero attached hydrogens (tertiary/aromatic N) is 1. The van der Waals surface area contributed by atoms with Gasteiger partial charge >= 0.3 is 6.18 Å². The zero-order valence-electron chi connectivity index (χ0n) is 9.85. The van der Waals surface area contributed by atoms with Crippen LogP contribution >= 0.6 is 0 Å². The standard InChI is InChI=1S/C12H13F4NO/c1-18-11-9(12(14,15)16)6-8(13)7-10(11)17-4-2-3-5-17/h6-7H,2-5H2,1H3. The molecular weight excluding hydrogens is 250 g/mol. The molecule has 0 N–H and O–H groups in total. The van der Waals surface area contributed by atoms with Crippen molar-refractivity contribution < 1.29 is 22.3 Å². The number of rotatable bonds is 2. The minimum atomic E-state index is -4.62. The van der Waals surface area contributed by atoms with Gasteiger partial charge in [0, 0.05) is 19.2 Å². The number of ether oxygens (including phenoxy) is 1. The first-order chi connectivity index (χ1) is 8.43. The molecule has 0 aromatic heterocycles. The lowest BCUT2D eigenvalue weighted by Crippen LogP contribution is -2.20. The number of methoxy groups -OCH3 is 1. The van der Waals surface area contributed by atoms with Crippen LogP contribution in [0.2, 0.25) is 0 Å². The van der Waals surface area contributed by atoms with Gasteiger partial charge in [0.1, 0.15) is 11.4 Å². The van der Waals surface area contributed by atoms with Crippen molar-refractivity contribution in [3.63, 3.8) is 0 Å². The van der Waals surface area contributed by atoms with Crippen molar-refractivity contribution in [3.8, 4) is 5.75 Å². The molecule has 1 aromatic rings. The van der Waals surface area contributed by atoms with Crippen molar-refractivity contribution in [3.05, 3.63) is 23.5 Å². The summed E-state index contributed by atoms with van der Waals surface area (Å²) in [7, 11) is 1.17. The highest BCUT2D eigenvalue weighted by Crippen LogP contribution is 2.43. The van der Waals surface area contributed by atoms with Crippen LogP contribution in [-0.4, -0.2) is 20.2 Å². The van der Waals surface area contributed by atoms with Crippen LogP contribution in [0.4, 0.5) is 23.2 Å². The van der Waals surface area contributed by atoms with Gasteiger partial charge in [0.15, 0.2) is 5.75 Å². The fraction of sp³-hybridized carbons (Fsp3) is 0.500. The summed E-state index contributed by atoms with van der Waals surface area (Å²) < 4.78 is 56.6. The predicted octanol–water partition coefficient (Wildman–Crippen LogP) is 3.45. The lowest BCUT2D eigenvalue weighted by molar-refractivity contribution is -0.138. The zero-order valence-corrected chi connectivity index (χ0v) is 9.85. The van der Waals surface area contributed by atoms with Crippen LogP contribution in [-0.2, 0) is 6.18 Å². The Bertz CT molecular complexity index is 438. The first-order valence-corrected chi connectivity index (χ1v) is 5.63. The summed E-state index contributed by atoms with van der Waals surface area (Å²) in [5.74, 6) is -1.20. The van der Waals surface area contributed by atoms with Crippen LogP contribution in [0.5, 0.6) is 5.75 Å². The average Bonchev–Trinajstić information content (AvgIpc) is 2.80. The van der Waals surface area contributed by atoms with E-state index in [9.17, 15) is 17.6 Å². The second kappa shape index (κ2) is 4.66. The summed E-state index contributed by atoms with van der Waals surface area (Å²) in [6.45, 7) is 1.24. The monoisotopic (exact) mass is 263 g/mol. The minimum absolute atomic E-state index is 0.183. The summed E-state index contributed by atoms with van der Waals surface area (Å²) in [5.41, 5.74) is -0.880. The van der Waals surface area contributed by atoms with Gasteiger partial charge in [-0.25, -0.2) is 4.39 Å². The highest BCUT2D eigenvalue weighted by Gasteiger charge is 2.37. The average molecular weight is 263 g/mol. The molecule has 0 unspecified atom stereocenters. The minimum Gasteiger partial charge on any atom is -0.494 e. The van der Waals surface area contributed by atoms with E-state index in [4.69, 9.17) is 4.74 Å². The molecule has 1 aromatic carbocycles. The van der Waals surface area contributed by atoms with Gasteiger partial charge in [-0.1, -0.05) is 0 Å². The smallest absolute Gasteiger partial charge is 0.420 e. The molecule has 1 fully saturated rings.